The van der Waals surface area contributed by atoms with Gasteiger partial charge in [-0.2, -0.15) is 13.2 Å². The summed E-state index contributed by atoms with van der Waals surface area (Å²) in [6.45, 7) is 6.11. The number of amides is 1. The molecule has 3 aromatic carbocycles. The third-order valence-electron chi connectivity index (χ3n) is 6.10. The fourth-order valence-electron chi connectivity index (χ4n) is 4.30. The minimum Gasteiger partial charge on any atom is -0.492 e. The molecule has 0 saturated carbocycles. The van der Waals surface area contributed by atoms with E-state index in [1.165, 1.54) is 12.1 Å². The summed E-state index contributed by atoms with van der Waals surface area (Å²) in [4.78, 5) is 17.2. The molecule has 1 aliphatic heterocycles. The number of rotatable bonds is 7. The van der Waals surface area contributed by atoms with Crippen molar-refractivity contribution in [2.75, 3.05) is 50.8 Å². The van der Waals surface area contributed by atoms with Crippen LogP contribution in [0.3, 0.4) is 0 Å². The first-order valence-corrected chi connectivity index (χ1v) is 12.3. The molecule has 1 heterocycles. The van der Waals surface area contributed by atoms with E-state index in [4.69, 9.17) is 4.74 Å². The second-order valence-electron chi connectivity index (χ2n) is 8.35. The van der Waals surface area contributed by atoms with Crippen LogP contribution in [0.25, 0.3) is 10.8 Å². The molecule has 1 N–H and O–H groups in total. The zero-order valence-corrected chi connectivity index (χ0v) is 21.0. The maximum Gasteiger partial charge on any atom is 0.416 e. The third kappa shape index (κ3) is 5.90. The Balaban J connectivity index is 1.33. The van der Waals surface area contributed by atoms with Crippen LogP contribution in [0.1, 0.15) is 22.8 Å². The van der Waals surface area contributed by atoms with Crippen molar-refractivity contribution in [3.8, 4) is 5.75 Å². The Kier molecular flexibility index (Phi) is 7.86. The minimum atomic E-state index is -4.35. The van der Waals surface area contributed by atoms with Crippen molar-refractivity contribution < 1.29 is 22.7 Å². The Hall–Kier alpha value is -2.78. The summed E-state index contributed by atoms with van der Waals surface area (Å²) in [7, 11) is 0. The van der Waals surface area contributed by atoms with Crippen molar-refractivity contribution in [3.05, 3.63) is 70.2 Å². The molecule has 0 radical (unpaired) electrons. The Labute approximate surface area is 211 Å². The van der Waals surface area contributed by atoms with E-state index >= 15 is 0 Å². The van der Waals surface area contributed by atoms with Crippen molar-refractivity contribution in [1.82, 2.24) is 10.2 Å². The zero-order valence-electron chi connectivity index (χ0n) is 19.4. The molecule has 186 valence electrons. The molecule has 5 nitrogen and oxygen atoms in total. The largest absolute Gasteiger partial charge is 0.492 e. The second-order valence-corrected chi connectivity index (χ2v) is 9.20. The summed E-state index contributed by atoms with van der Waals surface area (Å²) in [5, 5.41) is 4.84. The van der Waals surface area contributed by atoms with Gasteiger partial charge in [-0.1, -0.05) is 46.3 Å². The van der Waals surface area contributed by atoms with E-state index < -0.39 is 11.7 Å². The van der Waals surface area contributed by atoms with Gasteiger partial charge in [0.15, 0.2) is 0 Å². The average molecular weight is 550 g/mol. The second kappa shape index (κ2) is 10.9. The first kappa shape index (κ1) is 25.3. The maximum atomic E-state index is 13.0. The van der Waals surface area contributed by atoms with Crippen LogP contribution in [-0.4, -0.2) is 56.7 Å². The van der Waals surface area contributed by atoms with Crippen LogP contribution >= 0.6 is 15.9 Å². The lowest BCUT2D eigenvalue weighted by Gasteiger charge is -2.36. The van der Waals surface area contributed by atoms with Gasteiger partial charge < -0.3 is 15.0 Å². The number of piperazine rings is 1. The SMILES string of the molecule is CCOc1c(C(=O)NCCN2CCN(c3cccc(C(F)(F)F)c3)CC2)cc(Br)c2ccccc12. The number of nitrogens with zero attached hydrogens (tertiary/aromatic N) is 2. The number of hydrogen-bond acceptors (Lipinski definition) is 4. The van der Waals surface area contributed by atoms with Gasteiger partial charge in [-0.3, -0.25) is 9.69 Å². The molecule has 0 bridgehead atoms. The first-order chi connectivity index (χ1) is 16.8. The van der Waals surface area contributed by atoms with Gasteiger partial charge in [0.1, 0.15) is 5.75 Å². The van der Waals surface area contributed by atoms with Gasteiger partial charge in [0.05, 0.1) is 17.7 Å². The molecule has 0 spiro atoms. The van der Waals surface area contributed by atoms with Gasteiger partial charge in [-0.05, 0) is 36.6 Å². The van der Waals surface area contributed by atoms with E-state index in [0.717, 1.165) is 21.3 Å². The Morgan fingerprint density at radius 2 is 1.74 bits per heavy atom. The van der Waals surface area contributed by atoms with Crippen molar-refractivity contribution in [3.63, 3.8) is 0 Å². The van der Waals surface area contributed by atoms with Gasteiger partial charge in [-0.15, -0.1) is 0 Å². The van der Waals surface area contributed by atoms with Gasteiger partial charge in [0, 0.05) is 54.8 Å². The number of alkyl halides is 3. The highest BCUT2D eigenvalue weighted by Crippen LogP contribution is 2.35. The van der Waals surface area contributed by atoms with Crippen LogP contribution in [-0.2, 0) is 6.18 Å². The molecule has 1 aliphatic rings. The van der Waals surface area contributed by atoms with Crippen molar-refractivity contribution >= 4 is 38.3 Å². The molecule has 0 unspecified atom stereocenters. The lowest BCUT2D eigenvalue weighted by Crippen LogP contribution is -2.48. The Bertz CT molecular complexity index is 1190. The summed E-state index contributed by atoms with van der Waals surface area (Å²) in [5.41, 5.74) is 0.428. The van der Waals surface area contributed by atoms with E-state index in [0.29, 0.717) is 62.9 Å². The number of ether oxygens (including phenoxy) is 1. The van der Waals surface area contributed by atoms with Crippen LogP contribution in [0.5, 0.6) is 5.75 Å². The Morgan fingerprint density at radius 1 is 1.03 bits per heavy atom. The van der Waals surface area contributed by atoms with Crippen LogP contribution in [0.4, 0.5) is 18.9 Å². The maximum absolute atomic E-state index is 13.0. The standard InChI is InChI=1S/C26H27BrF3N3O2/c1-2-35-24-21-9-4-3-8-20(21)23(27)17-22(24)25(34)31-10-11-32-12-14-33(15-13-32)19-7-5-6-18(16-19)26(28,29)30/h3-9,16-17H,2,10-15H2,1H3,(H,31,34). The lowest BCUT2D eigenvalue weighted by atomic mass is 10.0. The van der Waals surface area contributed by atoms with Crippen molar-refractivity contribution in [2.45, 2.75) is 13.1 Å². The fourth-order valence-corrected chi connectivity index (χ4v) is 4.88. The smallest absolute Gasteiger partial charge is 0.416 e. The number of hydrogen-bond donors (Lipinski definition) is 1. The van der Waals surface area contributed by atoms with E-state index in [1.807, 2.05) is 36.1 Å². The van der Waals surface area contributed by atoms with Gasteiger partial charge in [0.25, 0.3) is 5.91 Å². The molecule has 35 heavy (non-hydrogen) atoms. The molecule has 1 amide bonds. The summed E-state index contributed by atoms with van der Waals surface area (Å²) in [6.07, 6.45) is -4.35. The molecular weight excluding hydrogens is 523 g/mol. The number of carbonyl (C=O) groups excluding carboxylic acids is 1. The predicted octanol–water partition coefficient (Wildman–Crippen LogP) is 5.57. The van der Waals surface area contributed by atoms with Crippen LogP contribution in [0.15, 0.2) is 59.1 Å². The van der Waals surface area contributed by atoms with Gasteiger partial charge in [0.2, 0.25) is 0 Å². The summed E-state index contributed by atoms with van der Waals surface area (Å²) in [6, 6.07) is 15.0. The van der Waals surface area contributed by atoms with Gasteiger partial charge >= 0.3 is 6.18 Å². The van der Waals surface area contributed by atoms with Crippen molar-refractivity contribution in [2.24, 2.45) is 0 Å². The van der Waals surface area contributed by atoms with E-state index in [9.17, 15) is 18.0 Å². The average Bonchev–Trinajstić information content (AvgIpc) is 2.85. The monoisotopic (exact) mass is 549 g/mol. The number of anilines is 1. The van der Waals surface area contributed by atoms with E-state index in [2.05, 4.69) is 26.1 Å². The van der Waals surface area contributed by atoms with E-state index in [1.54, 1.807) is 12.1 Å². The van der Waals surface area contributed by atoms with Gasteiger partial charge in [-0.25, -0.2) is 0 Å². The summed E-state index contributed by atoms with van der Waals surface area (Å²) < 4.78 is 45.7. The molecule has 3 aromatic rings. The number of benzene rings is 3. The third-order valence-corrected chi connectivity index (χ3v) is 6.76. The number of nitrogens with one attached hydrogen (secondary N) is 1. The fraction of sp³-hybridized carbons (Fsp3) is 0.346. The predicted molar refractivity (Wildman–Crippen MR) is 135 cm³/mol. The molecule has 1 fully saturated rings. The minimum absolute atomic E-state index is 0.206. The quantitative estimate of drug-likeness (QED) is 0.418. The molecule has 0 atom stereocenters. The normalized spacial score (nSPS) is 14.8. The van der Waals surface area contributed by atoms with Crippen LogP contribution in [0, 0.1) is 0 Å². The molecule has 1 saturated heterocycles. The lowest BCUT2D eigenvalue weighted by molar-refractivity contribution is -0.137. The number of carbonyl (C=O) groups is 1. The summed E-state index contributed by atoms with van der Waals surface area (Å²) in [5.74, 6) is 0.362. The highest BCUT2D eigenvalue weighted by Gasteiger charge is 2.31. The summed E-state index contributed by atoms with van der Waals surface area (Å²) >= 11 is 3.56. The molecule has 9 heteroatoms. The number of fused-ring (bicyclic) bond motifs is 1. The van der Waals surface area contributed by atoms with Crippen LogP contribution < -0.4 is 15.0 Å². The highest BCUT2D eigenvalue weighted by atomic mass is 79.9. The molecule has 0 aromatic heterocycles. The molecular formula is C26H27BrF3N3O2. The molecule has 0 aliphatic carbocycles. The first-order valence-electron chi connectivity index (χ1n) is 11.5. The zero-order chi connectivity index (χ0) is 25.0. The molecule has 4 rings (SSSR count). The number of halogens is 4. The topological polar surface area (TPSA) is 44.8 Å². The highest BCUT2D eigenvalue weighted by molar-refractivity contribution is 9.10. The van der Waals surface area contributed by atoms with Crippen molar-refractivity contribution in [1.29, 1.82) is 0 Å². The Morgan fingerprint density at radius 3 is 2.43 bits per heavy atom. The van der Waals surface area contributed by atoms with Crippen LogP contribution in [0.2, 0.25) is 0 Å². The van der Waals surface area contributed by atoms with E-state index in [-0.39, 0.29) is 5.91 Å².